The Morgan fingerprint density at radius 3 is 2.48 bits per heavy atom. The third-order valence-corrected chi connectivity index (χ3v) is 5.03. The summed E-state index contributed by atoms with van der Waals surface area (Å²) in [6.45, 7) is 1.92. The second kappa shape index (κ2) is 6.91. The quantitative estimate of drug-likeness (QED) is 0.485. The minimum absolute atomic E-state index is 0.139. The molecule has 6 heteroatoms. The van der Waals surface area contributed by atoms with Crippen molar-refractivity contribution < 1.29 is 4.79 Å². The molecule has 0 saturated carbocycles. The molecule has 0 radical (unpaired) electrons. The Bertz CT molecular complexity index is 1280. The van der Waals surface area contributed by atoms with Gasteiger partial charge in [-0.3, -0.25) is 9.36 Å². The van der Waals surface area contributed by atoms with Crippen LogP contribution in [-0.4, -0.2) is 25.4 Å². The number of carbonyl (C=O) groups is 1. The number of nitrogens with zero attached hydrogens (tertiary/aromatic N) is 3. The van der Waals surface area contributed by atoms with Gasteiger partial charge >= 0.3 is 0 Å². The van der Waals surface area contributed by atoms with Crippen molar-refractivity contribution in [3.63, 3.8) is 0 Å². The molecular weight excluding hydrogens is 362 g/mol. The summed E-state index contributed by atoms with van der Waals surface area (Å²) in [5, 5.41) is 3.01. The van der Waals surface area contributed by atoms with Gasteiger partial charge in [0.2, 0.25) is 0 Å². The van der Waals surface area contributed by atoms with E-state index in [-0.39, 0.29) is 11.9 Å². The van der Waals surface area contributed by atoms with Crippen LogP contribution in [0.3, 0.4) is 0 Å². The monoisotopic (exact) mass is 381 g/mol. The Morgan fingerprint density at radius 1 is 0.966 bits per heavy atom. The van der Waals surface area contributed by atoms with Crippen molar-refractivity contribution in [3.8, 4) is 5.69 Å². The zero-order valence-electron chi connectivity index (χ0n) is 15.8. The van der Waals surface area contributed by atoms with Crippen LogP contribution in [0.1, 0.15) is 29.1 Å². The number of carbonyl (C=O) groups excluding carboxylic acids is 1. The number of aromatic nitrogens is 4. The number of imidazole rings is 2. The largest absolute Gasteiger partial charge is 0.342 e. The van der Waals surface area contributed by atoms with Crippen LogP contribution in [0.2, 0.25) is 0 Å². The molecule has 2 heterocycles. The van der Waals surface area contributed by atoms with E-state index in [0.717, 1.165) is 33.6 Å². The summed E-state index contributed by atoms with van der Waals surface area (Å²) in [5.41, 5.74) is 5.37. The molecule has 0 aliphatic carbocycles. The molecule has 2 N–H and O–H groups in total. The van der Waals surface area contributed by atoms with Crippen molar-refractivity contribution in [2.24, 2.45) is 0 Å². The first-order valence-corrected chi connectivity index (χ1v) is 9.47. The Kier molecular flexibility index (Phi) is 4.09. The zero-order valence-corrected chi connectivity index (χ0v) is 15.8. The summed E-state index contributed by atoms with van der Waals surface area (Å²) < 4.78 is 2.01. The summed E-state index contributed by atoms with van der Waals surface area (Å²) >= 11 is 0. The van der Waals surface area contributed by atoms with Crippen LogP contribution in [0, 0.1) is 0 Å². The van der Waals surface area contributed by atoms with Crippen molar-refractivity contribution in [2.45, 2.75) is 13.0 Å². The maximum Gasteiger partial charge on any atom is 0.251 e. The first kappa shape index (κ1) is 17.2. The number of H-pyrrole nitrogens is 1. The smallest absolute Gasteiger partial charge is 0.251 e. The van der Waals surface area contributed by atoms with Gasteiger partial charge in [-0.15, -0.1) is 0 Å². The van der Waals surface area contributed by atoms with E-state index in [2.05, 4.69) is 20.3 Å². The molecule has 6 nitrogen and oxygen atoms in total. The molecule has 0 aliphatic heterocycles. The van der Waals surface area contributed by atoms with Gasteiger partial charge in [0.1, 0.15) is 12.2 Å². The summed E-state index contributed by atoms with van der Waals surface area (Å²) in [6.07, 6.45) is 1.80. The fourth-order valence-corrected chi connectivity index (χ4v) is 3.46. The lowest BCUT2D eigenvalue weighted by Gasteiger charge is -2.12. The Balaban J connectivity index is 1.35. The molecule has 0 spiro atoms. The van der Waals surface area contributed by atoms with Gasteiger partial charge in [0.25, 0.3) is 5.91 Å². The highest BCUT2D eigenvalue weighted by atomic mass is 16.1. The molecule has 3 aromatic carbocycles. The van der Waals surface area contributed by atoms with E-state index in [0.29, 0.717) is 5.56 Å². The van der Waals surface area contributed by atoms with Crippen LogP contribution < -0.4 is 5.32 Å². The summed E-state index contributed by atoms with van der Waals surface area (Å²) in [7, 11) is 0. The average molecular weight is 381 g/mol. The number of nitrogens with one attached hydrogen (secondary N) is 2. The van der Waals surface area contributed by atoms with Gasteiger partial charge in [-0.2, -0.15) is 0 Å². The highest BCUT2D eigenvalue weighted by molar-refractivity contribution is 5.94. The maximum atomic E-state index is 12.7. The number of benzene rings is 3. The topological polar surface area (TPSA) is 75.6 Å². The lowest BCUT2D eigenvalue weighted by molar-refractivity contribution is 0.0938. The minimum atomic E-state index is -0.229. The Morgan fingerprint density at radius 2 is 1.69 bits per heavy atom. The third-order valence-electron chi connectivity index (χ3n) is 5.03. The number of fused-ring (bicyclic) bond motifs is 2. The summed E-state index contributed by atoms with van der Waals surface area (Å²) in [5.74, 6) is 0.598. The van der Waals surface area contributed by atoms with E-state index in [9.17, 15) is 4.79 Å². The molecule has 5 aromatic rings. The van der Waals surface area contributed by atoms with E-state index in [1.165, 1.54) is 0 Å². The van der Waals surface area contributed by atoms with Crippen LogP contribution in [0.15, 0.2) is 79.1 Å². The highest BCUT2D eigenvalue weighted by Gasteiger charge is 2.15. The molecule has 0 saturated heterocycles. The number of hydrogen-bond donors (Lipinski definition) is 2. The molecule has 0 fully saturated rings. The summed E-state index contributed by atoms with van der Waals surface area (Å²) in [4.78, 5) is 24.9. The standard InChI is InChI=1S/C23H19N5O/c1-15(22-26-18-6-2-3-7-19(18)27-22)25-23(29)16-10-12-17(13-11-16)28-14-24-20-8-4-5-9-21(20)28/h2-15H,1H3,(H,25,29)(H,26,27). The second-order valence-corrected chi connectivity index (χ2v) is 6.98. The number of aromatic amines is 1. The fourth-order valence-electron chi connectivity index (χ4n) is 3.46. The molecule has 1 atom stereocenters. The van der Waals surface area contributed by atoms with Gasteiger partial charge < -0.3 is 10.3 Å². The van der Waals surface area contributed by atoms with Crippen LogP contribution >= 0.6 is 0 Å². The van der Waals surface area contributed by atoms with Gasteiger partial charge in [-0.05, 0) is 55.5 Å². The molecule has 2 aromatic heterocycles. The number of para-hydroxylation sites is 4. The lowest BCUT2D eigenvalue weighted by Crippen LogP contribution is -2.27. The van der Waals surface area contributed by atoms with E-state index in [1.807, 2.05) is 84.3 Å². The predicted molar refractivity (Wildman–Crippen MR) is 113 cm³/mol. The molecule has 0 bridgehead atoms. The van der Waals surface area contributed by atoms with Gasteiger partial charge in [0.05, 0.1) is 28.1 Å². The number of hydrogen-bond acceptors (Lipinski definition) is 3. The number of amides is 1. The molecule has 5 rings (SSSR count). The molecule has 1 unspecified atom stereocenters. The summed E-state index contributed by atoms with van der Waals surface area (Å²) in [6, 6.07) is 23.1. The van der Waals surface area contributed by atoms with Crippen molar-refractivity contribution in [2.75, 3.05) is 0 Å². The van der Waals surface area contributed by atoms with Crippen molar-refractivity contribution in [1.82, 2.24) is 24.8 Å². The molecule has 142 valence electrons. The van der Waals surface area contributed by atoms with Crippen LogP contribution in [0.25, 0.3) is 27.8 Å². The Hall–Kier alpha value is -3.93. The van der Waals surface area contributed by atoms with Gasteiger partial charge in [0, 0.05) is 11.3 Å². The van der Waals surface area contributed by atoms with E-state index >= 15 is 0 Å². The predicted octanol–water partition coefficient (Wildman–Crippen LogP) is 4.39. The van der Waals surface area contributed by atoms with Crippen molar-refractivity contribution >= 4 is 28.0 Å². The van der Waals surface area contributed by atoms with Crippen LogP contribution in [0.5, 0.6) is 0 Å². The molecule has 0 aliphatic rings. The Labute approximate surface area is 167 Å². The highest BCUT2D eigenvalue weighted by Crippen LogP contribution is 2.19. The first-order valence-electron chi connectivity index (χ1n) is 9.47. The van der Waals surface area contributed by atoms with Gasteiger partial charge in [-0.1, -0.05) is 24.3 Å². The fraction of sp³-hybridized carbons (Fsp3) is 0.0870. The van der Waals surface area contributed by atoms with Crippen LogP contribution in [0.4, 0.5) is 0 Å². The normalized spacial score (nSPS) is 12.3. The van der Waals surface area contributed by atoms with Gasteiger partial charge in [0.15, 0.2) is 0 Å². The van der Waals surface area contributed by atoms with E-state index < -0.39 is 0 Å². The minimum Gasteiger partial charge on any atom is -0.342 e. The first-order chi connectivity index (χ1) is 14.2. The lowest BCUT2D eigenvalue weighted by atomic mass is 10.1. The van der Waals surface area contributed by atoms with Crippen molar-refractivity contribution in [3.05, 3.63) is 90.5 Å². The maximum absolute atomic E-state index is 12.7. The van der Waals surface area contributed by atoms with Gasteiger partial charge in [-0.25, -0.2) is 9.97 Å². The SMILES string of the molecule is CC(NC(=O)c1ccc(-n2cnc3ccccc32)cc1)c1nc2ccccc2[nH]1. The van der Waals surface area contributed by atoms with Crippen LogP contribution in [-0.2, 0) is 0 Å². The van der Waals surface area contributed by atoms with E-state index in [4.69, 9.17) is 0 Å². The molecule has 1 amide bonds. The molecular formula is C23H19N5O. The third kappa shape index (κ3) is 3.14. The van der Waals surface area contributed by atoms with Crippen molar-refractivity contribution in [1.29, 1.82) is 0 Å². The molecule has 29 heavy (non-hydrogen) atoms. The zero-order chi connectivity index (χ0) is 19.8. The number of rotatable bonds is 4. The average Bonchev–Trinajstić information content (AvgIpc) is 3.38. The second-order valence-electron chi connectivity index (χ2n) is 6.98. The van der Waals surface area contributed by atoms with E-state index in [1.54, 1.807) is 6.33 Å².